The Morgan fingerprint density at radius 2 is 1.79 bits per heavy atom. The van der Waals surface area contributed by atoms with Crippen molar-refractivity contribution in [3.63, 3.8) is 0 Å². The highest BCUT2D eigenvalue weighted by Crippen LogP contribution is 2.34. The van der Waals surface area contributed by atoms with Gasteiger partial charge in [0.15, 0.2) is 0 Å². The van der Waals surface area contributed by atoms with Crippen molar-refractivity contribution in [2.45, 2.75) is 12.8 Å². The molecule has 6 nitrogen and oxygen atoms in total. The average molecular weight is 367 g/mol. The van der Waals surface area contributed by atoms with Crippen molar-refractivity contribution in [2.24, 2.45) is 5.16 Å². The molecule has 2 heterocycles. The molecule has 1 aliphatic rings. The van der Waals surface area contributed by atoms with Crippen LogP contribution in [0.2, 0.25) is 0 Å². The van der Waals surface area contributed by atoms with Crippen LogP contribution in [0.4, 0.5) is 5.82 Å². The number of nitrogen functional groups attached to an aromatic ring is 1. The minimum Gasteiger partial charge on any atom is -0.411 e. The molecule has 136 valence electrons. The van der Waals surface area contributed by atoms with Crippen molar-refractivity contribution < 1.29 is 5.21 Å². The molecule has 0 atom stereocenters. The first-order chi connectivity index (χ1) is 13.7. The highest BCUT2D eigenvalue weighted by molar-refractivity contribution is 6.04. The van der Waals surface area contributed by atoms with E-state index in [2.05, 4.69) is 32.2 Å². The molecule has 0 saturated heterocycles. The van der Waals surface area contributed by atoms with Crippen molar-refractivity contribution in [3.8, 4) is 22.4 Å². The van der Waals surface area contributed by atoms with Gasteiger partial charge in [-0.25, -0.2) is 9.97 Å². The van der Waals surface area contributed by atoms with E-state index in [0.717, 1.165) is 57.4 Å². The SMILES string of the molecule is Nc1ncnc2ccc(-c3cccnc3-c3ccc4c(c3)CC/C4=N\O)cc12. The number of rotatable bonds is 2. The van der Waals surface area contributed by atoms with E-state index in [1.165, 1.54) is 11.9 Å². The third kappa shape index (κ3) is 2.58. The number of nitrogens with two attached hydrogens (primary N) is 1. The van der Waals surface area contributed by atoms with Crippen LogP contribution in [0.3, 0.4) is 0 Å². The predicted molar refractivity (Wildman–Crippen MR) is 109 cm³/mol. The summed E-state index contributed by atoms with van der Waals surface area (Å²) in [6, 6.07) is 16.1. The van der Waals surface area contributed by atoms with E-state index in [1.807, 2.05) is 36.4 Å². The molecule has 0 unspecified atom stereocenters. The maximum absolute atomic E-state index is 9.16. The molecule has 0 aliphatic heterocycles. The Morgan fingerprint density at radius 3 is 2.68 bits per heavy atom. The summed E-state index contributed by atoms with van der Waals surface area (Å²) in [4.78, 5) is 13.0. The summed E-state index contributed by atoms with van der Waals surface area (Å²) in [5.41, 5.74) is 13.7. The standard InChI is InChI=1S/C22H17N5O/c23-22-18-11-14(4-7-19(18)25-12-26-22)17-2-1-9-24-21(17)15-3-6-16-13(10-15)5-8-20(16)27-28/h1-4,6-7,9-12,28H,5,8H2,(H2,23,25,26)/b27-20+. The number of pyridine rings is 1. The summed E-state index contributed by atoms with van der Waals surface area (Å²) in [5.74, 6) is 0.464. The zero-order valence-electron chi connectivity index (χ0n) is 15.0. The van der Waals surface area contributed by atoms with Gasteiger partial charge in [-0.1, -0.05) is 29.4 Å². The second-order valence-corrected chi connectivity index (χ2v) is 6.81. The van der Waals surface area contributed by atoms with Crippen LogP contribution in [0.5, 0.6) is 0 Å². The van der Waals surface area contributed by atoms with Gasteiger partial charge < -0.3 is 10.9 Å². The summed E-state index contributed by atoms with van der Waals surface area (Å²) in [7, 11) is 0. The van der Waals surface area contributed by atoms with E-state index in [0.29, 0.717) is 5.82 Å². The van der Waals surface area contributed by atoms with E-state index in [1.54, 1.807) is 6.20 Å². The van der Waals surface area contributed by atoms with E-state index in [-0.39, 0.29) is 0 Å². The lowest BCUT2D eigenvalue weighted by molar-refractivity contribution is 0.318. The first kappa shape index (κ1) is 16.4. The highest BCUT2D eigenvalue weighted by Gasteiger charge is 2.20. The highest BCUT2D eigenvalue weighted by atomic mass is 16.4. The molecule has 0 radical (unpaired) electrons. The molecule has 2 aromatic heterocycles. The molecule has 0 amide bonds. The number of benzene rings is 2. The Kier molecular flexibility index (Phi) is 3.76. The van der Waals surface area contributed by atoms with Crippen LogP contribution in [-0.4, -0.2) is 25.9 Å². The Morgan fingerprint density at radius 1 is 0.893 bits per heavy atom. The summed E-state index contributed by atoms with van der Waals surface area (Å²) >= 11 is 0. The second kappa shape index (κ2) is 6.42. The molecule has 2 aromatic carbocycles. The Bertz CT molecular complexity index is 1250. The monoisotopic (exact) mass is 367 g/mol. The minimum atomic E-state index is 0.464. The van der Waals surface area contributed by atoms with Crippen molar-refractivity contribution in [1.82, 2.24) is 15.0 Å². The fourth-order valence-electron chi connectivity index (χ4n) is 3.83. The quantitative estimate of drug-likeness (QED) is 0.411. The zero-order valence-corrected chi connectivity index (χ0v) is 15.0. The van der Waals surface area contributed by atoms with Crippen LogP contribution < -0.4 is 5.73 Å². The zero-order chi connectivity index (χ0) is 19.1. The fraction of sp³-hybridized carbons (Fsp3) is 0.0909. The van der Waals surface area contributed by atoms with E-state index in [9.17, 15) is 0 Å². The number of nitrogens with zero attached hydrogens (tertiary/aromatic N) is 4. The molecule has 0 saturated carbocycles. The first-order valence-corrected chi connectivity index (χ1v) is 9.05. The van der Waals surface area contributed by atoms with Gasteiger partial charge in [-0.2, -0.15) is 0 Å². The molecule has 3 N–H and O–H groups in total. The molecule has 28 heavy (non-hydrogen) atoms. The maximum Gasteiger partial charge on any atom is 0.134 e. The van der Waals surface area contributed by atoms with Crippen molar-refractivity contribution >= 4 is 22.4 Å². The summed E-state index contributed by atoms with van der Waals surface area (Å²) in [6.07, 6.45) is 4.90. The normalized spacial score (nSPS) is 14.5. The number of oxime groups is 1. The Hall–Kier alpha value is -3.80. The molecular weight excluding hydrogens is 350 g/mol. The van der Waals surface area contributed by atoms with Gasteiger partial charge in [0.1, 0.15) is 12.1 Å². The molecule has 1 aliphatic carbocycles. The van der Waals surface area contributed by atoms with Crippen LogP contribution in [0.1, 0.15) is 17.5 Å². The molecule has 6 heteroatoms. The summed E-state index contributed by atoms with van der Waals surface area (Å²) in [5, 5.41) is 13.4. The Labute approximate surface area is 161 Å². The second-order valence-electron chi connectivity index (χ2n) is 6.81. The van der Waals surface area contributed by atoms with Crippen molar-refractivity contribution in [1.29, 1.82) is 0 Å². The van der Waals surface area contributed by atoms with E-state index < -0.39 is 0 Å². The summed E-state index contributed by atoms with van der Waals surface area (Å²) < 4.78 is 0. The van der Waals surface area contributed by atoms with Gasteiger partial charge >= 0.3 is 0 Å². The van der Waals surface area contributed by atoms with Crippen molar-refractivity contribution in [2.75, 3.05) is 5.73 Å². The predicted octanol–water partition coefficient (Wildman–Crippen LogP) is 4.07. The lowest BCUT2D eigenvalue weighted by Gasteiger charge is -2.11. The van der Waals surface area contributed by atoms with E-state index >= 15 is 0 Å². The molecular formula is C22H17N5O. The lowest BCUT2D eigenvalue weighted by atomic mass is 9.96. The van der Waals surface area contributed by atoms with E-state index in [4.69, 9.17) is 10.9 Å². The number of aromatic nitrogens is 3. The van der Waals surface area contributed by atoms with Crippen LogP contribution >= 0.6 is 0 Å². The smallest absolute Gasteiger partial charge is 0.134 e. The van der Waals surface area contributed by atoms with Crippen LogP contribution in [0.25, 0.3) is 33.3 Å². The van der Waals surface area contributed by atoms with Crippen LogP contribution in [-0.2, 0) is 6.42 Å². The molecule has 5 rings (SSSR count). The number of fused-ring (bicyclic) bond motifs is 2. The first-order valence-electron chi connectivity index (χ1n) is 9.05. The van der Waals surface area contributed by atoms with Crippen LogP contribution in [0.15, 0.2) is 66.2 Å². The average Bonchev–Trinajstić information content (AvgIpc) is 3.16. The largest absolute Gasteiger partial charge is 0.411 e. The third-order valence-electron chi connectivity index (χ3n) is 5.23. The lowest BCUT2D eigenvalue weighted by Crippen LogP contribution is -1.96. The van der Waals surface area contributed by atoms with Gasteiger partial charge in [0, 0.05) is 28.3 Å². The number of hydrogen-bond acceptors (Lipinski definition) is 6. The van der Waals surface area contributed by atoms with Gasteiger partial charge in [0.05, 0.1) is 16.9 Å². The Balaban J connectivity index is 1.66. The fourth-order valence-corrected chi connectivity index (χ4v) is 3.83. The molecule has 0 bridgehead atoms. The van der Waals surface area contributed by atoms with Crippen molar-refractivity contribution in [3.05, 3.63) is 72.2 Å². The minimum absolute atomic E-state index is 0.464. The number of aryl methyl sites for hydroxylation is 1. The topological polar surface area (TPSA) is 97.3 Å². The third-order valence-corrected chi connectivity index (χ3v) is 5.23. The van der Waals surface area contributed by atoms with Gasteiger partial charge in [0.25, 0.3) is 0 Å². The van der Waals surface area contributed by atoms with Crippen LogP contribution in [0, 0.1) is 0 Å². The van der Waals surface area contributed by atoms with Gasteiger partial charge in [-0.3, -0.25) is 4.98 Å². The van der Waals surface area contributed by atoms with Gasteiger partial charge in [-0.15, -0.1) is 0 Å². The number of anilines is 1. The number of hydrogen-bond donors (Lipinski definition) is 2. The maximum atomic E-state index is 9.16. The molecule has 0 spiro atoms. The van der Waals surface area contributed by atoms with Gasteiger partial charge in [-0.05, 0) is 48.2 Å². The summed E-state index contributed by atoms with van der Waals surface area (Å²) in [6.45, 7) is 0. The molecule has 0 fully saturated rings. The van der Waals surface area contributed by atoms with Gasteiger partial charge in [0.2, 0.25) is 0 Å². The molecule has 4 aromatic rings.